The number of thiazole rings is 1. The van der Waals surface area contributed by atoms with Crippen molar-refractivity contribution in [3.8, 4) is 0 Å². The van der Waals surface area contributed by atoms with Crippen LogP contribution in [0.4, 0.5) is 0 Å². The zero-order valence-corrected chi connectivity index (χ0v) is 14.6. The van der Waals surface area contributed by atoms with Crippen molar-refractivity contribution < 1.29 is 9.53 Å². The smallest absolute Gasteiger partial charge is 0.263 e. The number of hydrogen-bond acceptors (Lipinski definition) is 5. The molecule has 0 spiro atoms. The largest absolute Gasteiger partial charge is 0.377 e. The van der Waals surface area contributed by atoms with Crippen molar-refractivity contribution in [2.24, 2.45) is 0 Å². The Balaban J connectivity index is 1.72. The van der Waals surface area contributed by atoms with Crippen LogP contribution in [0.15, 0.2) is 5.51 Å². The van der Waals surface area contributed by atoms with Crippen molar-refractivity contribution >= 4 is 17.2 Å². The highest BCUT2D eigenvalue weighted by atomic mass is 32.1. The maximum atomic E-state index is 12.2. The second-order valence-corrected chi connectivity index (χ2v) is 7.02. The summed E-state index contributed by atoms with van der Waals surface area (Å²) in [5, 5.41) is 3.02. The van der Waals surface area contributed by atoms with Gasteiger partial charge in [-0.25, -0.2) is 4.98 Å². The van der Waals surface area contributed by atoms with Crippen LogP contribution in [-0.4, -0.2) is 54.7 Å². The Labute approximate surface area is 137 Å². The van der Waals surface area contributed by atoms with Gasteiger partial charge in [0, 0.05) is 26.2 Å². The van der Waals surface area contributed by atoms with Crippen LogP contribution in [0.1, 0.15) is 54.9 Å². The first kappa shape index (κ1) is 17.4. The summed E-state index contributed by atoms with van der Waals surface area (Å²) < 4.78 is 5.65. The number of carbonyl (C=O) groups is 1. The van der Waals surface area contributed by atoms with E-state index in [0.717, 1.165) is 49.7 Å². The summed E-state index contributed by atoms with van der Waals surface area (Å²) in [5.74, 6) is 0.296. The number of carbonyl (C=O) groups excluding carboxylic acids is 1. The van der Waals surface area contributed by atoms with Gasteiger partial charge in [-0.3, -0.25) is 4.79 Å². The molecule has 0 aromatic carbocycles. The minimum Gasteiger partial charge on any atom is -0.377 e. The predicted molar refractivity (Wildman–Crippen MR) is 89.6 cm³/mol. The summed E-state index contributed by atoms with van der Waals surface area (Å²) in [5.41, 5.74) is 2.66. The van der Waals surface area contributed by atoms with E-state index < -0.39 is 0 Å². The molecule has 1 aromatic rings. The van der Waals surface area contributed by atoms with Crippen LogP contribution in [0.2, 0.25) is 0 Å². The summed E-state index contributed by atoms with van der Waals surface area (Å²) >= 11 is 1.43. The van der Waals surface area contributed by atoms with Crippen molar-refractivity contribution in [3.05, 3.63) is 16.1 Å². The van der Waals surface area contributed by atoms with Gasteiger partial charge in [-0.15, -0.1) is 11.3 Å². The van der Waals surface area contributed by atoms with Gasteiger partial charge in [0.05, 0.1) is 17.3 Å². The summed E-state index contributed by atoms with van der Waals surface area (Å²) in [6.07, 6.45) is 2.37. The molecule has 1 aliphatic rings. The third-order valence-corrected chi connectivity index (χ3v) is 4.66. The molecule has 0 bridgehead atoms. The van der Waals surface area contributed by atoms with Gasteiger partial charge in [0.25, 0.3) is 5.91 Å². The van der Waals surface area contributed by atoms with Crippen molar-refractivity contribution in [3.63, 3.8) is 0 Å². The van der Waals surface area contributed by atoms with Gasteiger partial charge >= 0.3 is 0 Å². The molecule has 2 heterocycles. The molecule has 1 N–H and O–H groups in total. The van der Waals surface area contributed by atoms with E-state index >= 15 is 0 Å². The molecule has 124 valence electrons. The van der Waals surface area contributed by atoms with Crippen LogP contribution in [0.5, 0.6) is 0 Å². The van der Waals surface area contributed by atoms with Gasteiger partial charge in [-0.05, 0) is 32.2 Å². The van der Waals surface area contributed by atoms with Crippen LogP contribution in [0.3, 0.4) is 0 Å². The quantitative estimate of drug-likeness (QED) is 0.817. The second kappa shape index (κ2) is 8.60. The molecule has 5 nitrogen and oxygen atoms in total. The molecule has 1 aromatic heterocycles. The van der Waals surface area contributed by atoms with Gasteiger partial charge in [-0.2, -0.15) is 0 Å². The van der Waals surface area contributed by atoms with Crippen molar-refractivity contribution in [2.45, 2.75) is 45.6 Å². The van der Waals surface area contributed by atoms with E-state index in [-0.39, 0.29) is 11.8 Å². The van der Waals surface area contributed by atoms with Crippen LogP contribution in [0, 0.1) is 0 Å². The molecular weight excluding hydrogens is 298 g/mol. The normalized spacial score (nSPS) is 20.1. The molecule has 0 saturated carbocycles. The standard InChI is InChI=1S/C16H27N3O2S/c1-12(2)14-15(22-11-18-14)16(20)17-6-4-7-19-8-5-9-21-13(3)10-19/h11-13H,4-10H2,1-3H3,(H,17,20). The molecule has 1 amide bonds. The van der Waals surface area contributed by atoms with Gasteiger partial charge in [0.15, 0.2) is 0 Å². The molecule has 1 aliphatic heterocycles. The number of amides is 1. The molecular formula is C16H27N3O2S. The maximum absolute atomic E-state index is 12.2. The fourth-order valence-electron chi connectivity index (χ4n) is 2.70. The number of hydrogen-bond donors (Lipinski definition) is 1. The highest BCUT2D eigenvalue weighted by Gasteiger charge is 2.17. The Morgan fingerprint density at radius 1 is 1.59 bits per heavy atom. The number of nitrogens with one attached hydrogen (secondary N) is 1. The zero-order chi connectivity index (χ0) is 15.9. The average Bonchev–Trinajstić information content (AvgIpc) is 2.88. The van der Waals surface area contributed by atoms with Crippen LogP contribution in [-0.2, 0) is 4.74 Å². The maximum Gasteiger partial charge on any atom is 0.263 e. The van der Waals surface area contributed by atoms with Gasteiger partial charge < -0.3 is 15.0 Å². The summed E-state index contributed by atoms with van der Waals surface area (Å²) in [6, 6.07) is 0. The highest BCUT2D eigenvalue weighted by molar-refractivity contribution is 7.11. The first-order valence-electron chi connectivity index (χ1n) is 8.13. The number of nitrogens with zero attached hydrogens (tertiary/aromatic N) is 2. The van der Waals surface area contributed by atoms with E-state index in [4.69, 9.17) is 4.74 Å². The van der Waals surface area contributed by atoms with E-state index in [0.29, 0.717) is 12.6 Å². The topological polar surface area (TPSA) is 54.5 Å². The van der Waals surface area contributed by atoms with E-state index in [1.165, 1.54) is 11.3 Å². The second-order valence-electron chi connectivity index (χ2n) is 6.17. The molecule has 6 heteroatoms. The summed E-state index contributed by atoms with van der Waals surface area (Å²) in [4.78, 5) is 19.7. The number of ether oxygens (including phenoxy) is 1. The fourth-order valence-corrected chi connectivity index (χ4v) is 3.56. The molecule has 0 radical (unpaired) electrons. The lowest BCUT2D eigenvalue weighted by Crippen LogP contribution is -2.33. The Bertz CT molecular complexity index is 476. The third kappa shape index (κ3) is 5.04. The van der Waals surface area contributed by atoms with E-state index in [1.807, 2.05) is 0 Å². The van der Waals surface area contributed by atoms with Gasteiger partial charge in [0.2, 0.25) is 0 Å². The van der Waals surface area contributed by atoms with Crippen LogP contribution < -0.4 is 5.32 Å². The van der Waals surface area contributed by atoms with Crippen molar-refractivity contribution in [1.29, 1.82) is 0 Å². The van der Waals surface area contributed by atoms with E-state index in [2.05, 4.69) is 36.0 Å². The Morgan fingerprint density at radius 3 is 3.18 bits per heavy atom. The lowest BCUT2D eigenvalue weighted by Gasteiger charge is -2.21. The van der Waals surface area contributed by atoms with E-state index in [9.17, 15) is 4.79 Å². The predicted octanol–water partition coefficient (Wildman–Crippen LogP) is 2.50. The zero-order valence-electron chi connectivity index (χ0n) is 13.8. The van der Waals surface area contributed by atoms with Gasteiger partial charge in [-0.1, -0.05) is 13.8 Å². The third-order valence-electron chi connectivity index (χ3n) is 3.82. The SMILES string of the molecule is CC1CN(CCCNC(=O)c2scnc2C(C)C)CCCO1. The Kier molecular flexibility index (Phi) is 6.79. The Hall–Kier alpha value is -0.980. The lowest BCUT2D eigenvalue weighted by atomic mass is 10.1. The molecule has 22 heavy (non-hydrogen) atoms. The van der Waals surface area contributed by atoms with Crippen LogP contribution in [0.25, 0.3) is 0 Å². The van der Waals surface area contributed by atoms with Gasteiger partial charge in [0.1, 0.15) is 4.88 Å². The summed E-state index contributed by atoms with van der Waals surface area (Å²) in [6.45, 7) is 10.9. The minimum absolute atomic E-state index is 0.0127. The fraction of sp³-hybridized carbons (Fsp3) is 0.750. The number of rotatable bonds is 6. The first-order chi connectivity index (χ1) is 10.6. The summed E-state index contributed by atoms with van der Waals surface area (Å²) in [7, 11) is 0. The average molecular weight is 325 g/mol. The first-order valence-corrected chi connectivity index (χ1v) is 9.01. The van der Waals surface area contributed by atoms with Crippen molar-refractivity contribution in [1.82, 2.24) is 15.2 Å². The van der Waals surface area contributed by atoms with Crippen molar-refractivity contribution in [2.75, 3.05) is 32.8 Å². The Morgan fingerprint density at radius 2 is 2.41 bits per heavy atom. The van der Waals surface area contributed by atoms with E-state index in [1.54, 1.807) is 5.51 Å². The molecule has 2 rings (SSSR count). The molecule has 1 saturated heterocycles. The van der Waals surface area contributed by atoms with Crippen LogP contribution >= 0.6 is 11.3 Å². The number of aromatic nitrogens is 1. The molecule has 0 aliphatic carbocycles. The highest BCUT2D eigenvalue weighted by Crippen LogP contribution is 2.21. The molecule has 1 atom stereocenters. The molecule has 1 fully saturated rings. The molecule has 1 unspecified atom stereocenters. The lowest BCUT2D eigenvalue weighted by molar-refractivity contribution is 0.0675. The monoisotopic (exact) mass is 325 g/mol. The minimum atomic E-state index is 0.0127.